The molecule has 92 valence electrons. The topological polar surface area (TPSA) is 38.0 Å². The van der Waals surface area contributed by atoms with Crippen molar-refractivity contribution in [1.29, 1.82) is 0 Å². The summed E-state index contributed by atoms with van der Waals surface area (Å²) in [6.45, 7) is 10.9. The zero-order valence-corrected chi connectivity index (χ0v) is 11.1. The number of nitrogens with one attached hydrogen (secondary N) is 1. The average molecular weight is 214 g/mol. The van der Waals surface area contributed by atoms with Crippen LogP contribution < -0.4 is 11.1 Å². The van der Waals surface area contributed by atoms with E-state index in [-0.39, 0.29) is 0 Å². The van der Waals surface area contributed by atoms with E-state index < -0.39 is 0 Å². The Hall–Kier alpha value is -0.0800. The third-order valence-electron chi connectivity index (χ3n) is 3.27. The lowest BCUT2D eigenvalue weighted by Crippen LogP contribution is -2.42. The van der Waals surface area contributed by atoms with Gasteiger partial charge in [-0.25, -0.2) is 0 Å². The van der Waals surface area contributed by atoms with E-state index >= 15 is 0 Å². The second-order valence-electron chi connectivity index (χ2n) is 4.91. The average Bonchev–Trinajstić information content (AvgIpc) is 2.23. The monoisotopic (exact) mass is 214 g/mol. The highest BCUT2D eigenvalue weighted by molar-refractivity contribution is 4.73. The van der Waals surface area contributed by atoms with Crippen LogP contribution in [0.2, 0.25) is 0 Å². The molecule has 0 spiro atoms. The lowest BCUT2D eigenvalue weighted by Gasteiger charge is -2.24. The van der Waals surface area contributed by atoms with E-state index in [1.807, 2.05) is 0 Å². The molecule has 2 nitrogen and oxygen atoms in total. The van der Waals surface area contributed by atoms with Gasteiger partial charge in [0.2, 0.25) is 0 Å². The number of nitrogens with two attached hydrogens (primary N) is 1. The van der Waals surface area contributed by atoms with Gasteiger partial charge in [-0.1, -0.05) is 47.0 Å². The fraction of sp³-hybridized carbons (Fsp3) is 1.00. The molecule has 2 atom stereocenters. The first-order chi connectivity index (χ1) is 7.15. The molecule has 0 heterocycles. The molecule has 0 rings (SSSR count). The second-order valence-corrected chi connectivity index (χ2v) is 4.91. The Morgan fingerprint density at radius 1 is 1.20 bits per heavy atom. The summed E-state index contributed by atoms with van der Waals surface area (Å²) in [7, 11) is 0. The molecular weight excluding hydrogens is 184 g/mol. The van der Waals surface area contributed by atoms with Gasteiger partial charge >= 0.3 is 0 Å². The van der Waals surface area contributed by atoms with Crippen LogP contribution in [0, 0.1) is 11.8 Å². The SMILES string of the molecule is CCCCC(CC)CNC(CN)C(C)C. The smallest absolute Gasteiger partial charge is 0.0213 e. The van der Waals surface area contributed by atoms with Crippen molar-refractivity contribution in [3.63, 3.8) is 0 Å². The fourth-order valence-electron chi connectivity index (χ4n) is 1.85. The van der Waals surface area contributed by atoms with Gasteiger partial charge in [0, 0.05) is 12.6 Å². The molecule has 0 aliphatic heterocycles. The van der Waals surface area contributed by atoms with Crippen molar-refractivity contribution in [1.82, 2.24) is 5.32 Å². The van der Waals surface area contributed by atoms with E-state index in [9.17, 15) is 0 Å². The number of rotatable bonds is 9. The molecular formula is C13H30N2. The first kappa shape index (κ1) is 14.9. The minimum atomic E-state index is 0.487. The van der Waals surface area contributed by atoms with Gasteiger partial charge in [0.25, 0.3) is 0 Å². The maximum absolute atomic E-state index is 5.74. The van der Waals surface area contributed by atoms with Crippen molar-refractivity contribution in [3.8, 4) is 0 Å². The van der Waals surface area contributed by atoms with Gasteiger partial charge in [0.15, 0.2) is 0 Å². The molecule has 0 aromatic carbocycles. The van der Waals surface area contributed by atoms with E-state index in [1.165, 1.54) is 25.7 Å². The molecule has 0 fully saturated rings. The zero-order chi connectivity index (χ0) is 11.7. The predicted molar refractivity (Wildman–Crippen MR) is 69.0 cm³/mol. The molecule has 0 bridgehead atoms. The molecule has 0 aliphatic rings. The summed E-state index contributed by atoms with van der Waals surface area (Å²) in [6.07, 6.45) is 5.30. The predicted octanol–water partition coefficient (Wildman–Crippen LogP) is 2.78. The highest BCUT2D eigenvalue weighted by Gasteiger charge is 2.12. The summed E-state index contributed by atoms with van der Waals surface area (Å²) in [6, 6.07) is 0.487. The minimum Gasteiger partial charge on any atom is -0.329 e. The second kappa shape index (κ2) is 9.17. The highest BCUT2D eigenvalue weighted by Crippen LogP contribution is 2.12. The Morgan fingerprint density at radius 2 is 1.87 bits per heavy atom. The molecule has 3 N–H and O–H groups in total. The Balaban J connectivity index is 3.76. The number of hydrogen-bond donors (Lipinski definition) is 2. The van der Waals surface area contributed by atoms with Gasteiger partial charge in [-0.05, 0) is 24.8 Å². The Labute approximate surface area is 96.0 Å². The third kappa shape index (κ3) is 6.91. The van der Waals surface area contributed by atoms with Crippen LogP contribution in [0.4, 0.5) is 0 Å². The van der Waals surface area contributed by atoms with Crippen molar-refractivity contribution < 1.29 is 0 Å². The number of hydrogen-bond acceptors (Lipinski definition) is 2. The number of unbranched alkanes of at least 4 members (excludes halogenated alkanes) is 1. The summed E-state index contributed by atoms with van der Waals surface area (Å²) < 4.78 is 0. The normalized spacial score (nSPS) is 15.6. The van der Waals surface area contributed by atoms with Crippen molar-refractivity contribution in [2.75, 3.05) is 13.1 Å². The van der Waals surface area contributed by atoms with Gasteiger partial charge < -0.3 is 11.1 Å². The van der Waals surface area contributed by atoms with Crippen LogP contribution in [0.25, 0.3) is 0 Å². The van der Waals surface area contributed by atoms with E-state index in [1.54, 1.807) is 0 Å². The van der Waals surface area contributed by atoms with E-state index in [4.69, 9.17) is 5.73 Å². The van der Waals surface area contributed by atoms with Crippen LogP contribution in [-0.2, 0) is 0 Å². The Morgan fingerprint density at radius 3 is 2.27 bits per heavy atom. The third-order valence-corrected chi connectivity index (χ3v) is 3.27. The summed E-state index contributed by atoms with van der Waals surface area (Å²) >= 11 is 0. The summed E-state index contributed by atoms with van der Waals surface area (Å²) in [5.74, 6) is 1.47. The van der Waals surface area contributed by atoms with Crippen LogP contribution in [0.15, 0.2) is 0 Å². The first-order valence-corrected chi connectivity index (χ1v) is 6.59. The molecule has 0 amide bonds. The standard InChI is InChI=1S/C13H30N2/c1-5-7-8-12(6-2)10-15-13(9-14)11(3)4/h11-13,15H,5-10,14H2,1-4H3. The lowest BCUT2D eigenvalue weighted by atomic mass is 9.97. The van der Waals surface area contributed by atoms with E-state index in [0.717, 1.165) is 19.0 Å². The summed E-state index contributed by atoms with van der Waals surface area (Å²) in [5, 5.41) is 3.60. The maximum Gasteiger partial charge on any atom is 0.0213 e. The molecule has 15 heavy (non-hydrogen) atoms. The highest BCUT2D eigenvalue weighted by atomic mass is 14.9. The maximum atomic E-state index is 5.74. The molecule has 0 saturated heterocycles. The lowest BCUT2D eigenvalue weighted by molar-refractivity contribution is 0.346. The van der Waals surface area contributed by atoms with Crippen LogP contribution in [-0.4, -0.2) is 19.1 Å². The van der Waals surface area contributed by atoms with Gasteiger partial charge in [-0.15, -0.1) is 0 Å². The van der Waals surface area contributed by atoms with Gasteiger partial charge in [0.1, 0.15) is 0 Å². The molecule has 0 saturated carbocycles. The molecule has 0 aliphatic carbocycles. The molecule has 0 aromatic rings. The van der Waals surface area contributed by atoms with Crippen molar-refractivity contribution in [3.05, 3.63) is 0 Å². The van der Waals surface area contributed by atoms with Crippen molar-refractivity contribution >= 4 is 0 Å². The summed E-state index contributed by atoms with van der Waals surface area (Å²) in [5.41, 5.74) is 5.74. The van der Waals surface area contributed by atoms with Crippen molar-refractivity contribution in [2.24, 2.45) is 17.6 Å². The van der Waals surface area contributed by atoms with Crippen LogP contribution in [0.1, 0.15) is 53.4 Å². The summed E-state index contributed by atoms with van der Waals surface area (Å²) in [4.78, 5) is 0. The van der Waals surface area contributed by atoms with Crippen LogP contribution in [0.5, 0.6) is 0 Å². The van der Waals surface area contributed by atoms with Gasteiger partial charge in [-0.2, -0.15) is 0 Å². The minimum absolute atomic E-state index is 0.487. The van der Waals surface area contributed by atoms with E-state index in [2.05, 4.69) is 33.0 Å². The molecule has 0 radical (unpaired) electrons. The van der Waals surface area contributed by atoms with Gasteiger partial charge in [-0.3, -0.25) is 0 Å². The Bertz CT molecular complexity index is 134. The zero-order valence-electron chi connectivity index (χ0n) is 11.1. The molecule has 2 heteroatoms. The molecule has 2 unspecified atom stereocenters. The van der Waals surface area contributed by atoms with Crippen LogP contribution in [0.3, 0.4) is 0 Å². The van der Waals surface area contributed by atoms with Crippen molar-refractivity contribution in [2.45, 2.75) is 59.4 Å². The largest absolute Gasteiger partial charge is 0.329 e. The van der Waals surface area contributed by atoms with E-state index in [0.29, 0.717) is 12.0 Å². The Kier molecular flexibility index (Phi) is 9.12. The van der Waals surface area contributed by atoms with Crippen LogP contribution >= 0.6 is 0 Å². The van der Waals surface area contributed by atoms with Gasteiger partial charge in [0.05, 0.1) is 0 Å². The first-order valence-electron chi connectivity index (χ1n) is 6.59. The molecule has 0 aromatic heterocycles. The quantitative estimate of drug-likeness (QED) is 0.619. The fourth-order valence-corrected chi connectivity index (χ4v) is 1.85.